The van der Waals surface area contributed by atoms with E-state index in [4.69, 9.17) is 9.47 Å². The minimum absolute atomic E-state index is 0.0310. The summed E-state index contributed by atoms with van der Waals surface area (Å²) in [6, 6.07) is 0. The number of hydrogen-bond donors (Lipinski definition) is 0. The lowest BCUT2D eigenvalue weighted by atomic mass is 9.75. The molecule has 0 radical (unpaired) electrons. The molecular formula is C13H24O2. The second-order valence-corrected chi connectivity index (χ2v) is 5.84. The molecule has 1 aliphatic carbocycles. The Morgan fingerprint density at radius 1 is 1.47 bits per heavy atom. The van der Waals surface area contributed by atoms with Crippen molar-refractivity contribution in [3.63, 3.8) is 0 Å². The molecule has 1 saturated heterocycles. The Kier molecular flexibility index (Phi) is 2.85. The molecule has 0 aromatic rings. The normalized spacial score (nSPS) is 40.0. The SMILES string of the molecule is CCCOC(C)(C)C1CCC2(C)OC2C1. The first-order valence-electron chi connectivity index (χ1n) is 6.30. The van der Waals surface area contributed by atoms with Crippen molar-refractivity contribution >= 4 is 0 Å². The van der Waals surface area contributed by atoms with Gasteiger partial charge in [-0.05, 0) is 52.4 Å². The highest BCUT2D eigenvalue weighted by Crippen LogP contribution is 2.51. The third-order valence-corrected chi connectivity index (χ3v) is 4.18. The van der Waals surface area contributed by atoms with E-state index < -0.39 is 0 Å². The summed E-state index contributed by atoms with van der Waals surface area (Å²) in [7, 11) is 0. The Hall–Kier alpha value is -0.0800. The van der Waals surface area contributed by atoms with E-state index in [0.29, 0.717) is 12.0 Å². The molecule has 2 fully saturated rings. The van der Waals surface area contributed by atoms with Crippen LogP contribution in [0.25, 0.3) is 0 Å². The van der Waals surface area contributed by atoms with Crippen LogP contribution in [0.3, 0.4) is 0 Å². The molecule has 3 unspecified atom stereocenters. The van der Waals surface area contributed by atoms with Crippen LogP contribution in [0.1, 0.15) is 53.4 Å². The van der Waals surface area contributed by atoms with Gasteiger partial charge in [0.25, 0.3) is 0 Å². The fourth-order valence-electron chi connectivity index (χ4n) is 2.76. The molecule has 2 rings (SSSR count). The third-order valence-electron chi connectivity index (χ3n) is 4.18. The van der Waals surface area contributed by atoms with Crippen molar-refractivity contribution in [2.75, 3.05) is 6.61 Å². The summed E-state index contributed by atoms with van der Waals surface area (Å²) in [6.45, 7) is 9.76. The molecule has 0 spiro atoms. The maximum atomic E-state index is 5.96. The monoisotopic (exact) mass is 212 g/mol. The number of rotatable bonds is 4. The van der Waals surface area contributed by atoms with Crippen LogP contribution in [-0.4, -0.2) is 23.9 Å². The second kappa shape index (κ2) is 3.74. The third kappa shape index (κ3) is 2.21. The maximum Gasteiger partial charge on any atom is 0.0920 e. The highest BCUT2D eigenvalue weighted by Gasteiger charge is 2.57. The van der Waals surface area contributed by atoms with E-state index in [2.05, 4.69) is 27.7 Å². The molecule has 0 amide bonds. The van der Waals surface area contributed by atoms with Crippen molar-refractivity contribution in [3.8, 4) is 0 Å². The van der Waals surface area contributed by atoms with Crippen LogP contribution < -0.4 is 0 Å². The van der Waals surface area contributed by atoms with E-state index in [-0.39, 0.29) is 11.2 Å². The molecule has 15 heavy (non-hydrogen) atoms. The average Bonchev–Trinajstić information content (AvgIpc) is 2.85. The standard InChI is InChI=1S/C13H24O2/c1-5-8-14-12(2,3)10-6-7-13(4)11(9-10)15-13/h10-11H,5-9H2,1-4H3. The van der Waals surface area contributed by atoms with Gasteiger partial charge < -0.3 is 9.47 Å². The Morgan fingerprint density at radius 2 is 2.20 bits per heavy atom. The van der Waals surface area contributed by atoms with Gasteiger partial charge in [-0.2, -0.15) is 0 Å². The largest absolute Gasteiger partial charge is 0.375 e. The fraction of sp³-hybridized carbons (Fsp3) is 1.00. The van der Waals surface area contributed by atoms with Crippen molar-refractivity contribution in [2.45, 2.75) is 70.7 Å². The molecule has 1 aliphatic heterocycles. The first-order chi connectivity index (χ1) is 6.98. The van der Waals surface area contributed by atoms with Crippen molar-refractivity contribution in [2.24, 2.45) is 5.92 Å². The zero-order valence-electron chi connectivity index (χ0n) is 10.5. The molecule has 3 atom stereocenters. The summed E-state index contributed by atoms with van der Waals surface area (Å²) in [5.74, 6) is 0.671. The van der Waals surface area contributed by atoms with Crippen molar-refractivity contribution in [3.05, 3.63) is 0 Å². The number of fused-ring (bicyclic) bond motifs is 1. The van der Waals surface area contributed by atoms with Crippen LogP contribution in [0.5, 0.6) is 0 Å². The van der Waals surface area contributed by atoms with Crippen LogP contribution in [0.4, 0.5) is 0 Å². The molecule has 88 valence electrons. The van der Waals surface area contributed by atoms with Crippen molar-refractivity contribution < 1.29 is 9.47 Å². The first-order valence-corrected chi connectivity index (χ1v) is 6.30. The van der Waals surface area contributed by atoms with Gasteiger partial charge >= 0.3 is 0 Å². The Morgan fingerprint density at radius 3 is 2.80 bits per heavy atom. The van der Waals surface area contributed by atoms with Gasteiger partial charge in [-0.25, -0.2) is 0 Å². The Balaban J connectivity index is 1.88. The smallest absolute Gasteiger partial charge is 0.0920 e. The van der Waals surface area contributed by atoms with Crippen LogP contribution in [0.2, 0.25) is 0 Å². The van der Waals surface area contributed by atoms with Gasteiger partial charge in [-0.3, -0.25) is 0 Å². The number of epoxide rings is 1. The molecular weight excluding hydrogens is 188 g/mol. The van der Waals surface area contributed by atoms with Crippen LogP contribution >= 0.6 is 0 Å². The lowest BCUT2D eigenvalue weighted by Gasteiger charge is -2.36. The van der Waals surface area contributed by atoms with E-state index in [0.717, 1.165) is 13.0 Å². The predicted molar refractivity (Wildman–Crippen MR) is 60.9 cm³/mol. The highest BCUT2D eigenvalue weighted by molar-refractivity contribution is 5.05. The van der Waals surface area contributed by atoms with E-state index >= 15 is 0 Å². The van der Waals surface area contributed by atoms with Gasteiger partial charge in [0.2, 0.25) is 0 Å². The van der Waals surface area contributed by atoms with Gasteiger partial charge in [0.15, 0.2) is 0 Å². The summed E-state index contributed by atoms with van der Waals surface area (Å²) in [6.07, 6.45) is 5.27. The summed E-state index contributed by atoms with van der Waals surface area (Å²) in [5, 5.41) is 0. The molecule has 2 nitrogen and oxygen atoms in total. The minimum Gasteiger partial charge on any atom is -0.375 e. The molecule has 0 bridgehead atoms. The molecule has 0 N–H and O–H groups in total. The van der Waals surface area contributed by atoms with Crippen molar-refractivity contribution in [1.29, 1.82) is 0 Å². The minimum atomic E-state index is 0.0310. The molecule has 1 heterocycles. The second-order valence-electron chi connectivity index (χ2n) is 5.84. The zero-order chi connectivity index (χ0) is 11.1. The average molecular weight is 212 g/mol. The van der Waals surface area contributed by atoms with Gasteiger partial charge in [-0.1, -0.05) is 6.92 Å². The Bertz CT molecular complexity index is 237. The lowest BCUT2D eigenvalue weighted by Crippen LogP contribution is -2.39. The highest BCUT2D eigenvalue weighted by atomic mass is 16.6. The van der Waals surface area contributed by atoms with Gasteiger partial charge in [0.1, 0.15) is 0 Å². The summed E-state index contributed by atoms with van der Waals surface area (Å²) < 4.78 is 11.7. The summed E-state index contributed by atoms with van der Waals surface area (Å²) in [4.78, 5) is 0. The quantitative estimate of drug-likeness (QED) is 0.668. The van der Waals surface area contributed by atoms with E-state index in [9.17, 15) is 0 Å². The fourth-order valence-corrected chi connectivity index (χ4v) is 2.76. The maximum absolute atomic E-state index is 5.96. The molecule has 2 aliphatic rings. The molecule has 2 heteroatoms. The van der Waals surface area contributed by atoms with Crippen LogP contribution in [0.15, 0.2) is 0 Å². The summed E-state index contributed by atoms with van der Waals surface area (Å²) >= 11 is 0. The van der Waals surface area contributed by atoms with Crippen molar-refractivity contribution in [1.82, 2.24) is 0 Å². The zero-order valence-corrected chi connectivity index (χ0v) is 10.5. The Labute approximate surface area is 93.3 Å². The molecule has 0 aromatic carbocycles. The van der Waals surface area contributed by atoms with E-state index in [1.165, 1.54) is 19.3 Å². The first kappa shape index (κ1) is 11.4. The van der Waals surface area contributed by atoms with Gasteiger partial charge in [0.05, 0.1) is 17.3 Å². The lowest BCUT2D eigenvalue weighted by molar-refractivity contribution is -0.0690. The van der Waals surface area contributed by atoms with Crippen LogP contribution in [0, 0.1) is 5.92 Å². The predicted octanol–water partition coefficient (Wildman–Crippen LogP) is 3.15. The van der Waals surface area contributed by atoms with E-state index in [1.807, 2.05) is 0 Å². The summed E-state index contributed by atoms with van der Waals surface area (Å²) in [5.41, 5.74) is 0.265. The number of ether oxygens (including phenoxy) is 2. The van der Waals surface area contributed by atoms with Gasteiger partial charge in [-0.15, -0.1) is 0 Å². The van der Waals surface area contributed by atoms with E-state index in [1.54, 1.807) is 0 Å². The molecule has 0 aromatic heterocycles. The van der Waals surface area contributed by atoms with Gasteiger partial charge in [0, 0.05) is 6.61 Å². The number of hydrogen-bond acceptors (Lipinski definition) is 2. The van der Waals surface area contributed by atoms with Crippen LogP contribution in [-0.2, 0) is 9.47 Å². The molecule has 1 saturated carbocycles. The topological polar surface area (TPSA) is 21.8 Å².